The lowest BCUT2D eigenvalue weighted by atomic mass is 9.92. The zero-order chi connectivity index (χ0) is 19.4. The second-order valence-corrected chi connectivity index (χ2v) is 7.44. The molecule has 12 heteroatoms. The Labute approximate surface area is 154 Å². The number of ether oxygens (including phenoxy) is 1. The van der Waals surface area contributed by atoms with E-state index in [2.05, 4.69) is 20.7 Å². The van der Waals surface area contributed by atoms with Crippen LogP contribution in [0.2, 0.25) is 0 Å². The molecule has 0 aromatic carbocycles. The van der Waals surface area contributed by atoms with Gasteiger partial charge in [-0.25, -0.2) is 0 Å². The van der Waals surface area contributed by atoms with E-state index in [1.165, 1.54) is 6.92 Å². The Morgan fingerprint density at radius 1 is 1.38 bits per heavy atom. The molecule has 6 N–H and O–H groups in total. The first kappa shape index (κ1) is 21.2. The number of amides is 1. The molecule has 9 atom stereocenters. The first-order chi connectivity index (χ1) is 12.3. The van der Waals surface area contributed by atoms with Crippen LogP contribution in [0.4, 0.5) is 0 Å². The zero-order valence-corrected chi connectivity index (χ0v) is 15.3. The number of nitrogens with one attached hydrogen (secondary N) is 2. The molecule has 11 nitrogen and oxygen atoms in total. The van der Waals surface area contributed by atoms with Gasteiger partial charge in [0, 0.05) is 11.5 Å². The summed E-state index contributed by atoms with van der Waals surface area (Å²) in [6.07, 6.45) is -4.46. The number of aliphatic hydroxyl groups is 4. The fraction of sp³-hybridized carbons (Fsp3) is 0.929. The number of carbonyl (C=O) groups is 1. The highest BCUT2D eigenvalue weighted by Gasteiger charge is 2.48. The van der Waals surface area contributed by atoms with Gasteiger partial charge in [-0.15, -0.1) is 11.8 Å². The van der Waals surface area contributed by atoms with Crippen molar-refractivity contribution in [2.45, 2.75) is 67.4 Å². The van der Waals surface area contributed by atoms with Crippen molar-refractivity contribution < 1.29 is 30.0 Å². The van der Waals surface area contributed by atoms with Crippen molar-refractivity contribution in [1.29, 1.82) is 0 Å². The molecule has 0 radical (unpaired) electrons. The van der Waals surface area contributed by atoms with Gasteiger partial charge < -0.3 is 35.8 Å². The van der Waals surface area contributed by atoms with E-state index in [4.69, 9.17) is 10.3 Å². The summed E-state index contributed by atoms with van der Waals surface area (Å²) in [6.45, 7) is 1.79. The van der Waals surface area contributed by atoms with E-state index in [9.17, 15) is 25.2 Å². The van der Waals surface area contributed by atoms with Gasteiger partial charge in [-0.1, -0.05) is 5.11 Å². The number of carbonyl (C=O) groups excluding carboxylic acids is 1. The molecule has 2 aliphatic rings. The summed E-state index contributed by atoms with van der Waals surface area (Å²) < 4.78 is 5.62. The van der Waals surface area contributed by atoms with Crippen LogP contribution in [0.1, 0.15) is 13.3 Å². The minimum atomic E-state index is -1.49. The van der Waals surface area contributed by atoms with Crippen LogP contribution in [0.3, 0.4) is 0 Å². The molecule has 2 rings (SSSR count). The van der Waals surface area contributed by atoms with Crippen molar-refractivity contribution in [3.8, 4) is 0 Å². The lowest BCUT2D eigenvalue weighted by Crippen LogP contribution is -2.65. The van der Waals surface area contributed by atoms with Crippen molar-refractivity contribution in [3.63, 3.8) is 0 Å². The van der Waals surface area contributed by atoms with Crippen LogP contribution in [-0.4, -0.2) is 93.2 Å². The molecule has 9 unspecified atom stereocenters. The third-order valence-electron chi connectivity index (χ3n) is 4.66. The standard InChI is InChI=1S/C14H25N5O6S/c1-5(20)8(12-10(22)9(21)11(23)14(25-12)26-2)17-13(24)7-3-6(4-16-7)18-19-15/h5-12,14,16,20-23H,3-4H2,1-2H3,(H,17,24). The second-order valence-electron chi connectivity index (χ2n) is 6.51. The lowest BCUT2D eigenvalue weighted by molar-refractivity contribution is -0.211. The molecule has 0 aliphatic carbocycles. The van der Waals surface area contributed by atoms with Gasteiger partial charge in [-0.3, -0.25) is 4.79 Å². The van der Waals surface area contributed by atoms with Crippen LogP contribution in [0, 0.1) is 0 Å². The van der Waals surface area contributed by atoms with Gasteiger partial charge in [0.05, 0.1) is 24.2 Å². The highest BCUT2D eigenvalue weighted by atomic mass is 32.2. The quantitative estimate of drug-likeness (QED) is 0.172. The van der Waals surface area contributed by atoms with Gasteiger partial charge >= 0.3 is 0 Å². The maximum Gasteiger partial charge on any atom is 0.237 e. The lowest BCUT2D eigenvalue weighted by Gasteiger charge is -2.44. The zero-order valence-electron chi connectivity index (χ0n) is 14.5. The van der Waals surface area contributed by atoms with Gasteiger partial charge in [-0.2, -0.15) is 0 Å². The first-order valence-electron chi connectivity index (χ1n) is 8.28. The summed E-state index contributed by atoms with van der Waals surface area (Å²) in [5.41, 5.74) is 7.66. The Morgan fingerprint density at radius 2 is 2.08 bits per heavy atom. The Morgan fingerprint density at radius 3 is 2.65 bits per heavy atom. The number of rotatable bonds is 6. The molecule has 0 aromatic heterocycles. The molecule has 0 saturated carbocycles. The highest BCUT2D eigenvalue weighted by molar-refractivity contribution is 7.99. The fourth-order valence-electron chi connectivity index (χ4n) is 3.19. The largest absolute Gasteiger partial charge is 0.391 e. The molecule has 2 heterocycles. The van der Waals surface area contributed by atoms with Gasteiger partial charge in [0.1, 0.15) is 29.9 Å². The van der Waals surface area contributed by atoms with E-state index in [0.29, 0.717) is 13.0 Å². The number of thioether (sulfide) groups is 1. The maximum absolute atomic E-state index is 12.5. The first-order valence-corrected chi connectivity index (χ1v) is 9.57. The molecule has 0 bridgehead atoms. The van der Waals surface area contributed by atoms with Crippen molar-refractivity contribution in [1.82, 2.24) is 10.6 Å². The van der Waals surface area contributed by atoms with Gasteiger partial charge in [0.2, 0.25) is 5.91 Å². The summed E-state index contributed by atoms with van der Waals surface area (Å²) in [4.78, 5) is 15.2. The average molecular weight is 391 g/mol. The van der Waals surface area contributed by atoms with Crippen molar-refractivity contribution >= 4 is 17.7 Å². The van der Waals surface area contributed by atoms with E-state index in [1.54, 1.807) is 6.26 Å². The Hall–Kier alpha value is -1.11. The van der Waals surface area contributed by atoms with Gasteiger partial charge in [0.25, 0.3) is 0 Å². The highest BCUT2D eigenvalue weighted by Crippen LogP contribution is 2.29. The number of azide groups is 1. The summed E-state index contributed by atoms with van der Waals surface area (Å²) in [5.74, 6) is -0.441. The topological polar surface area (TPSA) is 180 Å². The molecular formula is C14H25N5O6S. The van der Waals surface area contributed by atoms with Crippen LogP contribution in [0.5, 0.6) is 0 Å². The van der Waals surface area contributed by atoms with E-state index in [-0.39, 0.29) is 6.04 Å². The van der Waals surface area contributed by atoms with Crippen LogP contribution in [0.15, 0.2) is 5.11 Å². The summed E-state index contributed by atoms with van der Waals surface area (Å²) in [7, 11) is 0. The van der Waals surface area contributed by atoms with Crippen molar-refractivity contribution in [2.75, 3.05) is 12.8 Å². The molecular weight excluding hydrogens is 366 g/mol. The van der Waals surface area contributed by atoms with E-state index < -0.39 is 53.9 Å². The van der Waals surface area contributed by atoms with Crippen LogP contribution >= 0.6 is 11.8 Å². The molecule has 2 aliphatic heterocycles. The summed E-state index contributed by atoms with van der Waals surface area (Å²) in [6, 6.07) is -1.95. The maximum atomic E-state index is 12.5. The Bertz CT molecular complexity index is 546. The van der Waals surface area contributed by atoms with Gasteiger partial charge in [0.15, 0.2) is 0 Å². The van der Waals surface area contributed by atoms with Crippen LogP contribution in [-0.2, 0) is 9.53 Å². The van der Waals surface area contributed by atoms with Gasteiger partial charge in [-0.05, 0) is 25.1 Å². The van der Waals surface area contributed by atoms with E-state index in [0.717, 1.165) is 11.8 Å². The second kappa shape index (κ2) is 9.20. The molecule has 148 valence electrons. The molecule has 26 heavy (non-hydrogen) atoms. The minimum absolute atomic E-state index is 0.311. The predicted octanol–water partition coefficient (Wildman–Crippen LogP) is -1.94. The third kappa shape index (κ3) is 4.59. The number of nitrogens with zero attached hydrogens (tertiary/aromatic N) is 3. The number of aliphatic hydroxyl groups excluding tert-OH is 4. The normalized spacial score (nSPS) is 39.7. The molecule has 2 saturated heterocycles. The fourth-order valence-corrected chi connectivity index (χ4v) is 3.86. The molecule has 1 amide bonds. The van der Waals surface area contributed by atoms with Crippen LogP contribution in [0.25, 0.3) is 10.4 Å². The molecule has 2 fully saturated rings. The number of hydrogen-bond donors (Lipinski definition) is 6. The van der Waals surface area contributed by atoms with E-state index in [1.807, 2.05) is 0 Å². The molecule has 0 aromatic rings. The smallest absolute Gasteiger partial charge is 0.237 e. The predicted molar refractivity (Wildman–Crippen MR) is 93.1 cm³/mol. The number of hydrogen-bond acceptors (Lipinski definition) is 9. The Balaban J connectivity index is 2.08. The SMILES string of the molecule is CSC1OC(C(NC(=O)C2CC(N=[N+]=[N-])CN2)C(C)O)C(O)C(O)C1O. The third-order valence-corrected chi connectivity index (χ3v) is 5.52. The van der Waals surface area contributed by atoms with Crippen molar-refractivity contribution in [3.05, 3.63) is 10.4 Å². The Kier molecular flexibility index (Phi) is 7.50. The summed E-state index contributed by atoms with van der Waals surface area (Å²) >= 11 is 1.15. The van der Waals surface area contributed by atoms with Crippen LogP contribution < -0.4 is 10.6 Å². The summed E-state index contributed by atoms with van der Waals surface area (Å²) in [5, 5.41) is 49.4. The van der Waals surface area contributed by atoms with E-state index >= 15 is 0 Å². The monoisotopic (exact) mass is 391 g/mol. The minimum Gasteiger partial charge on any atom is -0.391 e. The molecule has 0 spiro atoms. The van der Waals surface area contributed by atoms with Crippen molar-refractivity contribution in [2.24, 2.45) is 5.11 Å². The average Bonchev–Trinajstić information content (AvgIpc) is 3.07.